The van der Waals surface area contributed by atoms with Crippen LogP contribution in [0.4, 0.5) is 13.2 Å². The third-order valence-electron chi connectivity index (χ3n) is 3.72. The number of cyclic esters (lactones) is 2. The number of aromatic nitrogens is 1. The number of alkyl halides is 3. The minimum atomic E-state index is -4.46. The quantitative estimate of drug-likeness (QED) is 0.450. The van der Waals surface area contributed by atoms with Crippen molar-refractivity contribution in [1.82, 2.24) is 4.98 Å². The molecule has 8 heteroatoms. The van der Waals surface area contributed by atoms with Gasteiger partial charge < -0.3 is 9.47 Å². The first-order valence-corrected chi connectivity index (χ1v) is 7.87. The summed E-state index contributed by atoms with van der Waals surface area (Å²) >= 11 is 0. The molecule has 1 saturated heterocycles. The Bertz CT molecular complexity index is 909. The van der Waals surface area contributed by atoms with Crippen molar-refractivity contribution in [2.45, 2.75) is 25.8 Å². The second kappa shape index (κ2) is 6.53. The summed E-state index contributed by atoms with van der Waals surface area (Å²) in [5.41, 5.74) is 0.0306. The van der Waals surface area contributed by atoms with Gasteiger partial charge in [-0.1, -0.05) is 24.3 Å². The third kappa shape index (κ3) is 4.16. The maximum Gasteiger partial charge on any atom is 0.416 e. The zero-order valence-corrected chi connectivity index (χ0v) is 14.3. The molecule has 0 bridgehead atoms. The van der Waals surface area contributed by atoms with Gasteiger partial charge in [-0.2, -0.15) is 13.2 Å². The SMILES string of the molecule is CC1(C)OC(=O)C(=Cc2ccc(-c3cc(C(F)(F)F)ccn3)cc2)C(=O)O1. The van der Waals surface area contributed by atoms with Crippen molar-refractivity contribution in [1.29, 1.82) is 0 Å². The highest BCUT2D eigenvalue weighted by molar-refractivity contribution is 6.18. The highest BCUT2D eigenvalue weighted by atomic mass is 19.4. The van der Waals surface area contributed by atoms with Crippen molar-refractivity contribution >= 4 is 18.0 Å². The first kappa shape index (κ1) is 18.6. The molecular weight excluding hydrogens is 363 g/mol. The number of esters is 2. The lowest BCUT2D eigenvalue weighted by Crippen LogP contribution is -2.41. The van der Waals surface area contributed by atoms with Gasteiger partial charge in [-0.3, -0.25) is 4.98 Å². The van der Waals surface area contributed by atoms with Gasteiger partial charge in [0, 0.05) is 25.6 Å². The normalized spacial score (nSPS) is 16.6. The van der Waals surface area contributed by atoms with Crippen molar-refractivity contribution in [3.05, 3.63) is 59.3 Å². The standard InChI is InChI=1S/C19H14F3NO4/c1-18(2)26-16(24)14(17(25)27-18)9-11-3-5-12(6-4-11)15-10-13(7-8-23-15)19(20,21)22/h3-10H,1-2H3. The van der Waals surface area contributed by atoms with Crippen molar-refractivity contribution in [2.75, 3.05) is 0 Å². The summed E-state index contributed by atoms with van der Waals surface area (Å²) in [5.74, 6) is -2.94. The van der Waals surface area contributed by atoms with Crippen LogP contribution in [0.2, 0.25) is 0 Å². The lowest BCUT2D eigenvalue weighted by atomic mass is 10.0. The minimum Gasteiger partial charge on any atom is -0.419 e. The number of ether oxygens (including phenoxy) is 2. The molecule has 0 amide bonds. The molecule has 0 saturated carbocycles. The van der Waals surface area contributed by atoms with Crippen LogP contribution in [0.5, 0.6) is 0 Å². The van der Waals surface area contributed by atoms with E-state index in [9.17, 15) is 22.8 Å². The van der Waals surface area contributed by atoms with E-state index >= 15 is 0 Å². The number of halogens is 3. The molecule has 2 aromatic rings. The number of nitrogens with zero attached hydrogens (tertiary/aromatic N) is 1. The number of benzene rings is 1. The molecule has 5 nitrogen and oxygen atoms in total. The van der Waals surface area contributed by atoms with Crippen LogP contribution in [0.25, 0.3) is 17.3 Å². The molecule has 3 rings (SSSR count). The number of hydrogen-bond donors (Lipinski definition) is 0. The zero-order valence-electron chi connectivity index (χ0n) is 14.3. The minimum absolute atomic E-state index is 0.155. The average Bonchev–Trinajstić information content (AvgIpc) is 2.57. The summed E-state index contributed by atoms with van der Waals surface area (Å²) in [7, 11) is 0. The summed E-state index contributed by atoms with van der Waals surface area (Å²) in [6.45, 7) is 2.88. The fourth-order valence-corrected chi connectivity index (χ4v) is 2.46. The van der Waals surface area contributed by atoms with Gasteiger partial charge >= 0.3 is 18.1 Å². The van der Waals surface area contributed by atoms with E-state index in [1.807, 2.05) is 0 Å². The van der Waals surface area contributed by atoms with E-state index in [-0.39, 0.29) is 11.3 Å². The molecule has 1 aliphatic heterocycles. The number of pyridine rings is 1. The molecule has 27 heavy (non-hydrogen) atoms. The number of carbonyl (C=O) groups is 2. The van der Waals surface area contributed by atoms with E-state index in [1.165, 1.54) is 32.1 Å². The maximum atomic E-state index is 12.8. The molecule has 0 spiro atoms. The predicted octanol–water partition coefficient (Wildman–Crippen LogP) is 3.99. The first-order valence-electron chi connectivity index (χ1n) is 7.87. The molecule has 140 valence electrons. The van der Waals surface area contributed by atoms with Gasteiger partial charge in [0.2, 0.25) is 0 Å². The van der Waals surface area contributed by atoms with Gasteiger partial charge in [0.25, 0.3) is 5.79 Å². The molecule has 2 heterocycles. The van der Waals surface area contributed by atoms with Crippen LogP contribution in [0.3, 0.4) is 0 Å². The summed E-state index contributed by atoms with van der Waals surface area (Å²) in [6, 6.07) is 8.02. The van der Waals surface area contributed by atoms with E-state index in [0.717, 1.165) is 18.3 Å². The molecule has 1 aromatic carbocycles. The Hall–Kier alpha value is -3.16. The number of hydrogen-bond acceptors (Lipinski definition) is 5. The monoisotopic (exact) mass is 377 g/mol. The van der Waals surface area contributed by atoms with E-state index < -0.39 is 29.5 Å². The average molecular weight is 377 g/mol. The van der Waals surface area contributed by atoms with Gasteiger partial charge in [0.1, 0.15) is 5.57 Å². The van der Waals surface area contributed by atoms with Crippen LogP contribution < -0.4 is 0 Å². The summed E-state index contributed by atoms with van der Waals surface area (Å²) in [6.07, 6.45) is -2.08. The van der Waals surface area contributed by atoms with Gasteiger partial charge in [0.05, 0.1) is 11.3 Å². The fourth-order valence-electron chi connectivity index (χ4n) is 2.46. The van der Waals surface area contributed by atoms with E-state index in [4.69, 9.17) is 9.47 Å². The van der Waals surface area contributed by atoms with Gasteiger partial charge in [-0.15, -0.1) is 0 Å². The van der Waals surface area contributed by atoms with E-state index in [1.54, 1.807) is 12.1 Å². The fraction of sp³-hybridized carbons (Fsp3) is 0.211. The number of carbonyl (C=O) groups excluding carboxylic acids is 2. The molecule has 0 unspecified atom stereocenters. The molecule has 0 aliphatic carbocycles. The number of rotatable bonds is 2. The van der Waals surface area contributed by atoms with Crippen molar-refractivity contribution in [3.63, 3.8) is 0 Å². The second-order valence-electron chi connectivity index (χ2n) is 6.29. The Morgan fingerprint density at radius 3 is 2.15 bits per heavy atom. The summed E-state index contributed by atoms with van der Waals surface area (Å²) in [4.78, 5) is 27.8. The van der Waals surface area contributed by atoms with E-state index in [2.05, 4.69) is 4.98 Å². The Kier molecular flexibility index (Phi) is 4.51. The maximum absolute atomic E-state index is 12.8. The highest BCUT2D eigenvalue weighted by Gasteiger charge is 2.38. The molecule has 0 atom stereocenters. The molecular formula is C19H14F3NO4. The van der Waals surface area contributed by atoms with Crippen LogP contribution in [0, 0.1) is 0 Å². The van der Waals surface area contributed by atoms with E-state index in [0.29, 0.717) is 11.1 Å². The molecule has 1 aromatic heterocycles. The highest BCUT2D eigenvalue weighted by Crippen LogP contribution is 2.31. The van der Waals surface area contributed by atoms with Crippen LogP contribution in [0.1, 0.15) is 25.0 Å². The molecule has 1 aliphatic rings. The van der Waals surface area contributed by atoms with Crippen molar-refractivity contribution < 1.29 is 32.2 Å². The van der Waals surface area contributed by atoms with Crippen molar-refractivity contribution in [2.24, 2.45) is 0 Å². The largest absolute Gasteiger partial charge is 0.419 e. The molecule has 0 radical (unpaired) electrons. The molecule has 1 fully saturated rings. The van der Waals surface area contributed by atoms with Crippen molar-refractivity contribution in [3.8, 4) is 11.3 Å². The lowest BCUT2D eigenvalue weighted by molar-refractivity contribution is -0.222. The summed E-state index contributed by atoms with van der Waals surface area (Å²) < 4.78 is 48.4. The zero-order chi connectivity index (χ0) is 19.8. The Morgan fingerprint density at radius 2 is 1.59 bits per heavy atom. The Balaban J connectivity index is 1.86. The Labute approximate surface area is 152 Å². The van der Waals surface area contributed by atoms with Gasteiger partial charge in [-0.05, 0) is 23.8 Å². The first-order chi connectivity index (χ1) is 12.5. The van der Waals surface area contributed by atoms with Crippen LogP contribution in [-0.2, 0) is 25.2 Å². The molecule has 0 N–H and O–H groups in total. The topological polar surface area (TPSA) is 65.5 Å². The Morgan fingerprint density at radius 1 is 1.00 bits per heavy atom. The lowest BCUT2D eigenvalue weighted by Gasteiger charge is -2.29. The van der Waals surface area contributed by atoms with Crippen LogP contribution in [0.15, 0.2) is 48.2 Å². The van der Waals surface area contributed by atoms with Gasteiger partial charge in [-0.25, -0.2) is 9.59 Å². The van der Waals surface area contributed by atoms with Crippen LogP contribution >= 0.6 is 0 Å². The third-order valence-corrected chi connectivity index (χ3v) is 3.72. The predicted molar refractivity (Wildman–Crippen MR) is 88.9 cm³/mol. The smallest absolute Gasteiger partial charge is 0.416 e. The summed E-state index contributed by atoms with van der Waals surface area (Å²) in [5, 5.41) is 0. The van der Waals surface area contributed by atoms with Gasteiger partial charge in [0.15, 0.2) is 0 Å². The van der Waals surface area contributed by atoms with Crippen LogP contribution in [-0.4, -0.2) is 22.7 Å². The second-order valence-corrected chi connectivity index (χ2v) is 6.29.